The van der Waals surface area contributed by atoms with Crippen molar-refractivity contribution in [2.45, 2.75) is 12.8 Å². The first-order chi connectivity index (χ1) is 13.7. The van der Waals surface area contributed by atoms with Crippen molar-refractivity contribution >= 4 is 29.2 Å². The minimum absolute atomic E-state index is 0.00736. The van der Waals surface area contributed by atoms with E-state index in [1.807, 2.05) is 41.3 Å². The molecular weight excluding hydrogens is 356 g/mol. The number of nitrogens with zero attached hydrogens (tertiary/aromatic N) is 1. The van der Waals surface area contributed by atoms with Gasteiger partial charge in [-0.25, -0.2) is 0 Å². The number of benzene rings is 2. The summed E-state index contributed by atoms with van der Waals surface area (Å²) in [5.41, 5.74) is 3.11. The first kappa shape index (κ1) is 18.1. The second-order valence-electron chi connectivity index (χ2n) is 6.84. The first-order valence-corrected chi connectivity index (χ1v) is 9.37. The van der Waals surface area contributed by atoms with Crippen LogP contribution in [0.1, 0.15) is 24.0 Å². The molecule has 1 N–H and O–H groups in total. The lowest BCUT2D eigenvalue weighted by Crippen LogP contribution is -2.32. The molecule has 4 rings (SSSR count). The highest BCUT2D eigenvalue weighted by Gasteiger charge is 2.23. The summed E-state index contributed by atoms with van der Waals surface area (Å²) in [6.45, 7) is 1.59. The normalized spacial score (nSPS) is 16.8. The van der Waals surface area contributed by atoms with Crippen LogP contribution in [0, 0.1) is 0 Å². The number of para-hydroxylation sites is 1. The highest BCUT2D eigenvalue weighted by Crippen LogP contribution is 2.34. The first-order valence-electron chi connectivity index (χ1n) is 9.37. The van der Waals surface area contributed by atoms with Gasteiger partial charge in [0.1, 0.15) is 0 Å². The van der Waals surface area contributed by atoms with Gasteiger partial charge in [-0.1, -0.05) is 24.3 Å². The van der Waals surface area contributed by atoms with E-state index in [2.05, 4.69) is 5.32 Å². The average Bonchev–Trinajstić information content (AvgIpc) is 3.35. The van der Waals surface area contributed by atoms with Gasteiger partial charge in [-0.3, -0.25) is 9.59 Å². The fraction of sp³-hybridized carbons (Fsp3) is 0.273. The second-order valence-corrected chi connectivity index (χ2v) is 6.84. The van der Waals surface area contributed by atoms with E-state index in [0.717, 1.165) is 42.7 Å². The molecule has 2 aromatic carbocycles. The number of fused-ring (bicyclic) bond motifs is 1. The maximum absolute atomic E-state index is 12.3. The summed E-state index contributed by atoms with van der Waals surface area (Å²) in [6, 6.07) is 13.0. The molecule has 2 amide bonds. The fourth-order valence-corrected chi connectivity index (χ4v) is 3.54. The lowest BCUT2D eigenvalue weighted by atomic mass is 10.0. The molecule has 0 saturated carbocycles. The highest BCUT2D eigenvalue weighted by molar-refractivity contribution is 6.34. The summed E-state index contributed by atoms with van der Waals surface area (Å²) in [5, 5.41) is 2.86. The molecule has 6 nitrogen and oxygen atoms in total. The van der Waals surface area contributed by atoms with Gasteiger partial charge in [0.2, 0.25) is 0 Å². The number of hydrogen-bond acceptors (Lipinski definition) is 4. The molecule has 0 aliphatic carbocycles. The summed E-state index contributed by atoms with van der Waals surface area (Å²) in [6.07, 6.45) is 3.92. The predicted molar refractivity (Wildman–Crippen MR) is 107 cm³/mol. The number of carbonyl (C=O) groups excluding carboxylic acids is 2. The van der Waals surface area contributed by atoms with E-state index in [1.165, 1.54) is 0 Å². The van der Waals surface area contributed by atoms with Gasteiger partial charge in [0.15, 0.2) is 18.1 Å². The summed E-state index contributed by atoms with van der Waals surface area (Å²) in [5.74, 6) is 0.894. The van der Waals surface area contributed by atoms with Gasteiger partial charge in [-0.2, -0.15) is 0 Å². The summed E-state index contributed by atoms with van der Waals surface area (Å²) in [7, 11) is 1.55. The van der Waals surface area contributed by atoms with Crippen molar-refractivity contribution in [1.82, 2.24) is 4.90 Å². The molecule has 6 heteroatoms. The molecule has 2 aromatic rings. The lowest BCUT2D eigenvalue weighted by Gasteiger charge is -2.16. The van der Waals surface area contributed by atoms with Crippen LogP contribution in [0.15, 0.2) is 42.5 Å². The number of carbonyl (C=O) groups is 2. The fourth-order valence-electron chi connectivity index (χ4n) is 3.54. The van der Waals surface area contributed by atoms with Gasteiger partial charge in [0.25, 0.3) is 11.8 Å². The van der Waals surface area contributed by atoms with Crippen LogP contribution in [-0.4, -0.2) is 43.5 Å². The molecule has 28 heavy (non-hydrogen) atoms. The number of likely N-dealkylation sites (tertiary alicyclic amines) is 1. The Labute approximate surface area is 163 Å². The zero-order chi connectivity index (χ0) is 19.5. The van der Waals surface area contributed by atoms with E-state index in [-0.39, 0.29) is 18.4 Å². The van der Waals surface area contributed by atoms with Crippen molar-refractivity contribution in [2.75, 3.05) is 32.1 Å². The van der Waals surface area contributed by atoms with Crippen LogP contribution < -0.4 is 14.8 Å². The monoisotopic (exact) mass is 378 g/mol. The topological polar surface area (TPSA) is 67.9 Å². The number of methoxy groups -OCH3 is 1. The molecular formula is C22H22N2O4. The van der Waals surface area contributed by atoms with Crippen LogP contribution in [0.2, 0.25) is 0 Å². The molecule has 0 aromatic heterocycles. The van der Waals surface area contributed by atoms with E-state index in [0.29, 0.717) is 17.1 Å². The van der Waals surface area contributed by atoms with Crippen molar-refractivity contribution in [3.8, 4) is 11.5 Å². The molecule has 144 valence electrons. The van der Waals surface area contributed by atoms with Crippen molar-refractivity contribution in [2.24, 2.45) is 0 Å². The molecule has 2 aliphatic rings. The SMILES string of the molecule is COc1cc(/C=C2\C(=O)Nc3ccccc32)ccc1OCC(=O)N1CCCC1. The van der Waals surface area contributed by atoms with Crippen LogP contribution in [0.25, 0.3) is 11.6 Å². The zero-order valence-electron chi connectivity index (χ0n) is 15.7. The molecule has 0 spiro atoms. The average molecular weight is 378 g/mol. The quantitative estimate of drug-likeness (QED) is 0.812. The Bertz CT molecular complexity index is 945. The Morgan fingerprint density at radius 3 is 2.71 bits per heavy atom. The standard InChI is InChI=1S/C22H22N2O4/c1-27-20-13-15(12-17-16-6-2-3-7-18(16)23-22(17)26)8-9-19(20)28-14-21(25)24-10-4-5-11-24/h2-3,6-9,12-13H,4-5,10-11,14H2,1H3,(H,23,26)/b17-12-. The molecule has 1 saturated heterocycles. The second kappa shape index (κ2) is 7.76. The van der Waals surface area contributed by atoms with Crippen molar-refractivity contribution in [1.29, 1.82) is 0 Å². The van der Waals surface area contributed by atoms with Crippen LogP contribution in [0.4, 0.5) is 5.69 Å². The Morgan fingerprint density at radius 2 is 1.93 bits per heavy atom. The number of amides is 2. The molecule has 2 heterocycles. The van der Waals surface area contributed by atoms with E-state index >= 15 is 0 Å². The maximum Gasteiger partial charge on any atom is 0.260 e. The van der Waals surface area contributed by atoms with Crippen LogP contribution in [0.5, 0.6) is 11.5 Å². The predicted octanol–water partition coefficient (Wildman–Crippen LogP) is 3.19. The molecule has 0 unspecified atom stereocenters. The maximum atomic E-state index is 12.3. The Kier molecular flexibility index (Phi) is 5.02. The number of ether oxygens (including phenoxy) is 2. The number of anilines is 1. The zero-order valence-corrected chi connectivity index (χ0v) is 15.7. The van der Waals surface area contributed by atoms with Gasteiger partial charge in [0, 0.05) is 29.9 Å². The van der Waals surface area contributed by atoms with Gasteiger partial charge >= 0.3 is 0 Å². The van der Waals surface area contributed by atoms with E-state index in [1.54, 1.807) is 19.2 Å². The molecule has 0 radical (unpaired) electrons. The van der Waals surface area contributed by atoms with Crippen LogP contribution in [-0.2, 0) is 9.59 Å². The number of nitrogens with one attached hydrogen (secondary N) is 1. The number of rotatable bonds is 5. The van der Waals surface area contributed by atoms with E-state index in [9.17, 15) is 9.59 Å². The molecule has 0 atom stereocenters. The summed E-state index contributed by atoms with van der Waals surface area (Å²) >= 11 is 0. The van der Waals surface area contributed by atoms with Crippen molar-refractivity contribution in [3.63, 3.8) is 0 Å². The molecule has 0 bridgehead atoms. The smallest absolute Gasteiger partial charge is 0.260 e. The van der Waals surface area contributed by atoms with Crippen LogP contribution in [0.3, 0.4) is 0 Å². The third-order valence-electron chi connectivity index (χ3n) is 5.02. The highest BCUT2D eigenvalue weighted by atomic mass is 16.5. The van der Waals surface area contributed by atoms with Crippen LogP contribution >= 0.6 is 0 Å². The van der Waals surface area contributed by atoms with E-state index < -0.39 is 0 Å². The van der Waals surface area contributed by atoms with Gasteiger partial charge in [-0.05, 0) is 42.7 Å². The molecule has 1 fully saturated rings. The van der Waals surface area contributed by atoms with Crippen molar-refractivity contribution < 1.29 is 19.1 Å². The van der Waals surface area contributed by atoms with Gasteiger partial charge in [-0.15, -0.1) is 0 Å². The summed E-state index contributed by atoms with van der Waals surface area (Å²) in [4.78, 5) is 26.3. The summed E-state index contributed by atoms with van der Waals surface area (Å²) < 4.78 is 11.1. The molecule has 2 aliphatic heterocycles. The minimum atomic E-state index is -0.128. The largest absolute Gasteiger partial charge is 0.493 e. The van der Waals surface area contributed by atoms with Gasteiger partial charge in [0.05, 0.1) is 7.11 Å². The van der Waals surface area contributed by atoms with Gasteiger partial charge < -0.3 is 19.7 Å². The Balaban J connectivity index is 1.52. The lowest BCUT2D eigenvalue weighted by molar-refractivity contribution is -0.132. The Hall–Kier alpha value is -3.28. The third kappa shape index (κ3) is 3.58. The van der Waals surface area contributed by atoms with Crippen molar-refractivity contribution in [3.05, 3.63) is 53.6 Å². The number of hydrogen-bond donors (Lipinski definition) is 1. The van der Waals surface area contributed by atoms with E-state index in [4.69, 9.17) is 9.47 Å². The minimum Gasteiger partial charge on any atom is -0.493 e. The Morgan fingerprint density at radius 1 is 1.14 bits per heavy atom. The third-order valence-corrected chi connectivity index (χ3v) is 5.02.